The van der Waals surface area contributed by atoms with E-state index >= 15 is 0 Å². The number of carbonyl (C=O) groups is 1. The third-order valence-electron chi connectivity index (χ3n) is 5.49. The van der Waals surface area contributed by atoms with Crippen LogP contribution >= 0.6 is 7.26 Å². The molecule has 3 nitrogen and oxygen atoms in total. The second-order valence-corrected chi connectivity index (χ2v) is 12.6. The largest absolute Gasteiger partial charge is 0.545 e. The van der Waals surface area contributed by atoms with Gasteiger partial charge < -0.3 is 15.0 Å². The van der Waals surface area contributed by atoms with Crippen LogP contribution in [0.1, 0.15) is 95.0 Å². The van der Waals surface area contributed by atoms with Crippen molar-refractivity contribution in [3.63, 3.8) is 0 Å². The quantitative estimate of drug-likeness (QED) is 0.320. The maximum Gasteiger partial charge on any atom is 0.416 e. The lowest BCUT2D eigenvalue weighted by molar-refractivity contribution is -0.255. The van der Waals surface area contributed by atoms with E-state index in [1.54, 1.807) is 24.6 Å². The van der Waals surface area contributed by atoms with Crippen molar-refractivity contribution in [2.24, 2.45) is 0 Å². The van der Waals surface area contributed by atoms with Gasteiger partial charge in [-0.25, -0.2) is 0 Å². The van der Waals surface area contributed by atoms with Crippen LogP contribution in [0.2, 0.25) is 0 Å². The Balaban J connectivity index is 0.000000590. The molecule has 0 atom stereocenters. The summed E-state index contributed by atoms with van der Waals surface area (Å²) in [7, 11) is -0.562. The SMILES string of the molecule is CCCC[P+](CCCC)(CCCC)CCCC.O=C([O-])c1ccc(C(F)(F)F)cc1O. The highest BCUT2D eigenvalue weighted by atomic mass is 31.2. The second kappa shape index (κ2) is 15.5. The third-order valence-corrected chi connectivity index (χ3v) is 10.5. The molecule has 0 saturated heterocycles. The van der Waals surface area contributed by atoms with Gasteiger partial charge in [-0.2, -0.15) is 13.2 Å². The molecular formula is C24H40F3O3P. The Kier molecular flexibility index (Phi) is 14.9. The number of carbonyl (C=O) groups excluding carboxylic acids is 1. The first-order chi connectivity index (χ1) is 14.6. The van der Waals surface area contributed by atoms with Gasteiger partial charge in [-0.15, -0.1) is 0 Å². The minimum atomic E-state index is -4.61. The molecule has 1 aromatic rings. The van der Waals surface area contributed by atoms with Gasteiger partial charge in [0.15, 0.2) is 0 Å². The van der Waals surface area contributed by atoms with Gasteiger partial charge in [-0.1, -0.05) is 53.4 Å². The number of alkyl halides is 3. The lowest BCUT2D eigenvalue weighted by Gasteiger charge is -2.28. The molecule has 0 aliphatic carbocycles. The zero-order valence-corrected chi connectivity index (χ0v) is 20.5. The number of benzene rings is 1. The van der Waals surface area contributed by atoms with Gasteiger partial charge in [0.2, 0.25) is 0 Å². The number of hydrogen-bond donors (Lipinski definition) is 1. The fraction of sp³-hybridized carbons (Fsp3) is 0.708. The molecule has 0 amide bonds. The van der Waals surface area contributed by atoms with Crippen LogP contribution < -0.4 is 5.11 Å². The summed E-state index contributed by atoms with van der Waals surface area (Å²) in [6.45, 7) is 9.42. The number of carboxylic acids is 1. The van der Waals surface area contributed by atoms with Gasteiger partial charge in [0.05, 0.1) is 36.2 Å². The van der Waals surface area contributed by atoms with E-state index in [9.17, 15) is 23.1 Å². The average molecular weight is 465 g/mol. The van der Waals surface area contributed by atoms with Crippen LogP contribution in [0.4, 0.5) is 13.2 Å². The van der Waals surface area contributed by atoms with Crippen LogP contribution in [0.5, 0.6) is 5.75 Å². The summed E-state index contributed by atoms with van der Waals surface area (Å²) in [5.74, 6) is -2.68. The summed E-state index contributed by atoms with van der Waals surface area (Å²) in [5, 5.41) is 19.1. The predicted octanol–water partition coefficient (Wildman–Crippen LogP) is 6.98. The van der Waals surface area contributed by atoms with Gasteiger partial charge in [-0.05, 0) is 43.9 Å². The van der Waals surface area contributed by atoms with Crippen LogP contribution in [0, 0.1) is 0 Å². The van der Waals surface area contributed by atoms with Crippen molar-refractivity contribution in [3.05, 3.63) is 29.3 Å². The van der Waals surface area contributed by atoms with E-state index < -0.39 is 36.3 Å². The first-order valence-electron chi connectivity index (χ1n) is 11.5. The first-order valence-corrected chi connectivity index (χ1v) is 14.1. The second-order valence-electron chi connectivity index (χ2n) is 8.17. The van der Waals surface area contributed by atoms with Crippen LogP contribution in [0.25, 0.3) is 0 Å². The summed E-state index contributed by atoms with van der Waals surface area (Å²) in [6, 6.07) is 1.55. The summed E-state index contributed by atoms with van der Waals surface area (Å²) in [5.41, 5.74) is -1.78. The van der Waals surface area contributed by atoms with E-state index in [2.05, 4.69) is 27.7 Å². The molecule has 0 aromatic heterocycles. The number of carboxylic acid groups (broad SMARTS) is 1. The molecule has 0 spiro atoms. The van der Waals surface area contributed by atoms with Crippen molar-refractivity contribution >= 4 is 13.2 Å². The molecule has 1 rings (SSSR count). The number of aromatic hydroxyl groups is 1. The van der Waals surface area contributed by atoms with E-state index in [-0.39, 0.29) is 0 Å². The summed E-state index contributed by atoms with van der Waals surface area (Å²) >= 11 is 0. The number of aromatic carboxylic acids is 1. The molecule has 0 aliphatic rings. The molecule has 7 heteroatoms. The molecule has 1 N–H and O–H groups in total. The van der Waals surface area contributed by atoms with Crippen molar-refractivity contribution in [2.75, 3.05) is 24.6 Å². The van der Waals surface area contributed by atoms with E-state index in [0.717, 1.165) is 0 Å². The minimum Gasteiger partial charge on any atom is -0.545 e. The molecule has 1 aromatic carbocycles. The minimum absolute atomic E-state index is 0.338. The van der Waals surface area contributed by atoms with Crippen LogP contribution in [-0.4, -0.2) is 35.7 Å². The zero-order valence-electron chi connectivity index (χ0n) is 19.6. The van der Waals surface area contributed by atoms with E-state index in [1.807, 2.05) is 0 Å². The van der Waals surface area contributed by atoms with Crippen LogP contribution in [0.3, 0.4) is 0 Å². The molecule has 0 bridgehead atoms. The highest BCUT2D eigenvalue weighted by Gasteiger charge is 2.34. The molecule has 0 fully saturated rings. The van der Waals surface area contributed by atoms with Gasteiger partial charge >= 0.3 is 6.18 Å². The Morgan fingerprint density at radius 2 is 1.26 bits per heavy atom. The lowest BCUT2D eigenvalue weighted by atomic mass is 10.1. The fourth-order valence-corrected chi connectivity index (χ4v) is 8.82. The number of unbranched alkanes of at least 4 members (excludes halogenated alkanes) is 4. The molecule has 180 valence electrons. The van der Waals surface area contributed by atoms with Crippen molar-refractivity contribution in [3.8, 4) is 5.75 Å². The number of rotatable bonds is 13. The zero-order chi connectivity index (χ0) is 23.9. The summed E-state index contributed by atoms with van der Waals surface area (Å²) in [4.78, 5) is 10.2. The standard InChI is InChI=1S/C16H36P.C8H5F3O3/c1-5-9-13-17(14-10-6-2,15-11-7-3)16-12-8-4;9-8(10,11)4-1-2-5(7(13)14)6(12)3-4/h5-16H2,1-4H3;1-3,12H,(H,13,14)/q+1;/p-1. The Labute approximate surface area is 186 Å². The maximum absolute atomic E-state index is 12.0. The van der Waals surface area contributed by atoms with Crippen LogP contribution in [-0.2, 0) is 6.18 Å². The van der Waals surface area contributed by atoms with Crippen molar-refractivity contribution in [1.82, 2.24) is 0 Å². The van der Waals surface area contributed by atoms with Gasteiger partial charge in [0, 0.05) is 12.8 Å². The summed E-state index contributed by atoms with van der Waals surface area (Å²) < 4.78 is 36.1. The normalized spacial score (nSPS) is 11.7. The average Bonchev–Trinajstić information content (AvgIpc) is 2.72. The highest BCUT2D eigenvalue weighted by molar-refractivity contribution is 7.75. The topological polar surface area (TPSA) is 60.4 Å². The smallest absolute Gasteiger partial charge is 0.416 e. The highest BCUT2D eigenvalue weighted by Crippen LogP contribution is 2.61. The third kappa shape index (κ3) is 11.8. The molecular weight excluding hydrogens is 424 g/mol. The molecule has 0 aliphatic heterocycles. The van der Waals surface area contributed by atoms with Crippen molar-refractivity contribution in [1.29, 1.82) is 0 Å². The molecule has 0 unspecified atom stereocenters. The Bertz CT molecular complexity index is 595. The summed E-state index contributed by atoms with van der Waals surface area (Å²) in [6.07, 6.45) is 13.3. The van der Waals surface area contributed by atoms with E-state index in [1.165, 1.54) is 51.4 Å². The monoisotopic (exact) mass is 464 g/mol. The van der Waals surface area contributed by atoms with Gasteiger partial charge in [-0.3, -0.25) is 0 Å². The molecule has 0 radical (unpaired) electrons. The van der Waals surface area contributed by atoms with E-state index in [0.29, 0.717) is 18.2 Å². The van der Waals surface area contributed by atoms with Gasteiger partial charge in [0.25, 0.3) is 0 Å². The van der Waals surface area contributed by atoms with Crippen LogP contribution in [0.15, 0.2) is 18.2 Å². The number of phenols is 1. The Morgan fingerprint density at radius 3 is 1.52 bits per heavy atom. The number of hydrogen-bond acceptors (Lipinski definition) is 3. The predicted molar refractivity (Wildman–Crippen MR) is 123 cm³/mol. The molecule has 0 heterocycles. The van der Waals surface area contributed by atoms with Crippen molar-refractivity contribution in [2.45, 2.75) is 85.2 Å². The molecule has 31 heavy (non-hydrogen) atoms. The fourth-order valence-electron chi connectivity index (χ4n) is 3.53. The molecule has 0 saturated carbocycles. The Hall–Kier alpha value is -1.29. The first kappa shape index (κ1) is 29.7. The lowest BCUT2D eigenvalue weighted by Crippen LogP contribution is -2.22. The van der Waals surface area contributed by atoms with Crippen molar-refractivity contribution < 1.29 is 28.2 Å². The maximum atomic E-state index is 12.0. The van der Waals surface area contributed by atoms with Gasteiger partial charge in [0.1, 0.15) is 5.75 Å². The number of halogens is 3. The van der Waals surface area contributed by atoms with E-state index in [4.69, 9.17) is 5.11 Å². The Morgan fingerprint density at radius 1 is 0.871 bits per heavy atom.